The van der Waals surface area contributed by atoms with Gasteiger partial charge in [-0.25, -0.2) is 0 Å². The predicted molar refractivity (Wildman–Crippen MR) is 57.3 cm³/mol. The molecule has 2 N–H and O–H groups in total. The Hall–Kier alpha value is -1.00. The van der Waals surface area contributed by atoms with Crippen molar-refractivity contribution in [2.24, 2.45) is 5.73 Å². The van der Waals surface area contributed by atoms with Crippen molar-refractivity contribution in [2.45, 2.75) is 6.42 Å². The third kappa shape index (κ3) is 2.33. The average molecular weight is 234 g/mol. The third-order valence-electron chi connectivity index (χ3n) is 2.03. The quantitative estimate of drug-likeness (QED) is 0.865. The molecule has 0 spiro atoms. The standard InChI is InChI=1S/C10H13ClFNO2/c1-14-9-6(3-4-13)5-7(11)10(15-2)8(9)12/h5H,3-4,13H2,1-2H3. The van der Waals surface area contributed by atoms with Crippen molar-refractivity contribution >= 4 is 11.6 Å². The van der Waals surface area contributed by atoms with E-state index in [0.29, 0.717) is 18.5 Å². The first-order valence-corrected chi connectivity index (χ1v) is 4.82. The molecule has 0 aliphatic rings. The smallest absolute Gasteiger partial charge is 0.208 e. The highest BCUT2D eigenvalue weighted by molar-refractivity contribution is 6.32. The normalized spacial score (nSPS) is 10.2. The Morgan fingerprint density at radius 1 is 1.33 bits per heavy atom. The molecular formula is C10H13ClFNO2. The summed E-state index contributed by atoms with van der Waals surface area (Å²) >= 11 is 5.84. The summed E-state index contributed by atoms with van der Waals surface area (Å²) in [7, 11) is 2.75. The van der Waals surface area contributed by atoms with Gasteiger partial charge in [0, 0.05) is 5.56 Å². The highest BCUT2D eigenvalue weighted by Gasteiger charge is 2.18. The van der Waals surface area contributed by atoms with Crippen LogP contribution in [0.25, 0.3) is 0 Å². The van der Waals surface area contributed by atoms with Gasteiger partial charge in [0.05, 0.1) is 19.2 Å². The Kier molecular flexibility index (Phi) is 4.17. The lowest BCUT2D eigenvalue weighted by atomic mass is 10.1. The Morgan fingerprint density at radius 3 is 2.40 bits per heavy atom. The second-order valence-electron chi connectivity index (χ2n) is 2.94. The van der Waals surface area contributed by atoms with Gasteiger partial charge in [-0.3, -0.25) is 0 Å². The van der Waals surface area contributed by atoms with Gasteiger partial charge in [0.15, 0.2) is 11.5 Å². The topological polar surface area (TPSA) is 44.5 Å². The van der Waals surface area contributed by atoms with E-state index in [1.165, 1.54) is 14.2 Å². The Balaban J connectivity index is 3.30. The number of benzene rings is 1. The van der Waals surface area contributed by atoms with E-state index in [2.05, 4.69) is 0 Å². The number of hydrogen-bond donors (Lipinski definition) is 1. The highest BCUT2D eigenvalue weighted by atomic mass is 35.5. The van der Waals surface area contributed by atoms with Gasteiger partial charge in [0.2, 0.25) is 5.82 Å². The lowest BCUT2D eigenvalue weighted by Gasteiger charge is -2.13. The van der Waals surface area contributed by atoms with E-state index in [4.69, 9.17) is 26.8 Å². The van der Waals surface area contributed by atoms with Crippen LogP contribution in [0.5, 0.6) is 11.5 Å². The molecule has 84 valence electrons. The van der Waals surface area contributed by atoms with Crippen LogP contribution in [0.2, 0.25) is 5.02 Å². The van der Waals surface area contributed by atoms with Crippen molar-refractivity contribution in [3.05, 3.63) is 22.5 Å². The first kappa shape index (κ1) is 12.1. The van der Waals surface area contributed by atoms with Crippen LogP contribution in [-0.4, -0.2) is 20.8 Å². The molecule has 5 heteroatoms. The average Bonchev–Trinajstić information content (AvgIpc) is 2.19. The summed E-state index contributed by atoms with van der Waals surface area (Å²) in [5, 5.41) is 0.222. The number of halogens is 2. The van der Waals surface area contributed by atoms with Gasteiger partial charge in [0.25, 0.3) is 0 Å². The SMILES string of the molecule is COc1c(Cl)cc(CCN)c(OC)c1F. The Bertz CT molecular complexity index is 358. The molecule has 3 nitrogen and oxygen atoms in total. The van der Waals surface area contributed by atoms with E-state index in [9.17, 15) is 4.39 Å². The molecular weight excluding hydrogens is 221 g/mol. The second kappa shape index (κ2) is 5.19. The summed E-state index contributed by atoms with van der Waals surface area (Å²) < 4.78 is 23.5. The van der Waals surface area contributed by atoms with Crippen LogP contribution in [0, 0.1) is 5.82 Å². The van der Waals surface area contributed by atoms with Crippen molar-refractivity contribution in [3.8, 4) is 11.5 Å². The van der Waals surface area contributed by atoms with Gasteiger partial charge in [-0.1, -0.05) is 11.6 Å². The first-order valence-electron chi connectivity index (χ1n) is 4.44. The lowest BCUT2D eigenvalue weighted by Crippen LogP contribution is -2.06. The maximum absolute atomic E-state index is 13.7. The maximum Gasteiger partial charge on any atom is 0.208 e. The molecule has 0 saturated carbocycles. The van der Waals surface area contributed by atoms with Crippen LogP contribution in [0.1, 0.15) is 5.56 Å². The van der Waals surface area contributed by atoms with Crippen molar-refractivity contribution < 1.29 is 13.9 Å². The molecule has 0 amide bonds. The predicted octanol–water partition coefficient (Wildman–Crippen LogP) is 2.00. The van der Waals surface area contributed by atoms with Gasteiger partial charge < -0.3 is 15.2 Å². The molecule has 0 saturated heterocycles. The Morgan fingerprint density at radius 2 is 1.93 bits per heavy atom. The number of hydrogen-bond acceptors (Lipinski definition) is 3. The molecule has 0 bridgehead atoms. The summed E-state index contributed by atoms with van der Waals surface area (Å²) in [4.78, 5) is 0. The van der Waals surface area contributed by atoms with Crippen molar-refractivity contribution in [3.63, 3.8) is 0 Å². The molecule has 0 aliphatic heterocycles. The van der Waals surface area contributed by atoms with Crippen LogP contribution in [0.15, 0.2) is 6.07 Å². The van der Waals surface area contributed by atoms with Crippen LogP contribution >= 0.6 is 11.6 Å². The molecule has 0 aliphatic carbocycles. The summed E-state index contributed by atoms with van der Waals surface area (Å²) in [6.07, 6.45) is 0.504. The number of ether oxygens (including phenoxy) is 2. The van der Waals surface area contributed by atoms with Crippen LogP contribution in [-0.2, 0) is 6.42 Å². The van der Waals surface area contributed by atoms with Crippen molar-refractivity contribution in [2.75, 3.05) is 20.8 Å². The van der Waals surface area contributed by atoms with Gasteiger partial charge in [-0.05, 0) is 19.0 Å². The van der Waals surface area contributed by atoms with Gasteiger partial charge >= 0.3 is 0 Å². The molecule has 0 heterocycles. The fourth-order valence-electron chi connectivity index (χ4n) is 1.38. The number of methoxy groups -OCH3 is 2. The minimum atomic E-state index is -0.587. The minimum absolute atomic E-state index is 0.00529. The fourth-order valence-corrected chi connectivity index (χ4v) is 1.67. The van der Waals surface area contributed by atoms with Crippen LogP contribution in [0.4, 0.5) is 4.39 Å². The minimum Gasteiger partial charge on any atom is -0.493 e. The Labute approximate surface area is 92.9 Å². The molecule has 15 heavy (non-hydrogen) atoms. The van der Waals surface area contributed by atoms with Crippen molar-refractivity contribution in [1.82, 2.24) is 0 Å². The van der Waals surface area contributed by atoms with Gasteiger partial charge in [0.1, 0.15) is 0 Å². The zero-order valence-electron chi connectivity index (χ0n) is 8.64. The summed E-state index contributed by atoms with van der Waals surface area (Å²) in [6.45, 7) is 0.401. The molecule has 1 aromatic carbocycles. The monoisotopic (exact) mass is 233 g/mol. The van der Waals surface area contributed by atoms with Crippen LogP contribution in [0.3, 0.4) is 0 Å². The fraction of sp³-hybridized carbons (Fsp3) is 0.400. The highest BCUT2D eigenvalue weighted by Crippen LogP contribution is 2.36. The first-order chi connectivity index (χ1) is 7.15. The molecule has 0 fully saturated rings. The van der Waals surface area contributed by atoms with Gasteiger partial charge in [-0.2, -0.15) is 4.39 Å². The summed E-state index contributed by atoms with van der Waals surface area (Å²) in [5.41, 5.74) is 6.04. The molecule has 0 atom stereocenters. The van der Waals surface area contributed by atoms with E-state index in [0.717, 1.165) is 0 Å². The molecule has 0 unspecified atom stereocenters. The lowest BCUT2D eigenvalue weighted by molar-refractivity contribution is 0.347. The zero-order valence-corrected chi connectivity index (χ0v) is 9.40. The van der Waals surface area contributed by atoms with E-state index >= 15 is 0 Å². The van der Waals surface area contributed by atoms with Crippen molar-refractivity contribution in [1.29, 1.82) is 0 Å². The molecule has 0 radical (unpaired) electrons. The number of rotatable bonds is 4. The zero-order chi connectivity index (χ0) is 11.4. The molecule has 1 rings (SSSR count). The van der Waals surface area contributed by atoms with E-state index in [1.54, 1.807) is 6.07 Å². The van der Waals surface area contributed by atoms with E-state index < -0.39 is 5.82 Å². The van der Waals surface area contributed by atoms with E-state index in [1.807, 2.05) is 0 Å². The van der Waals surface area contributed by atoms with Crippen LogP contribution < -0.4 is 15.2 Å². The summed E-state index contributed by atoms with van der Waals surface area (Å²) in [5.74, 6) is -0.452. The third-order valence-corrected chi connectivity index (χ3v) is 2.31. The van der Waals surface area contributed by atoms with E-state index in [-0.39, 0.29) is 16.5 Å². The summed E-state index contributed by atoms with van der Waals surface area (Å²) in [6, 6.07) is 1.61. The largest absolute Gasteiger partial charge is 0.493 e. The molecule has 0 aromatic heterocycles. The molecule has 1 aromatic rings. The van der Waals surface area contributed by atoms with Gasteiger partial charge in [-0.15, -0.1) is 0 Å². The second-order valence-corrected chi connectivity index (χ2v) is 3.34. The number of nitrogens with two attached hydrogens (primary N) is 1. The maximum atomic E-state index is 13.7.